The van der Waals surface area contributed by atoms with Crippen LogP contribution in [0.15, 0.2) is 22.8 Å². The van der Waals surface area contributed by atoms with Gasteiger partial charge in [0.15, 0.2) is 6.10 Å². The average Bonchev–Trinajstić information content (AvgIpc) is 2.81. The van der Waals surface area contributed by atoms with Gasteiger partial charge in [-0.1, -0.05) is 0 Å². The van der Waals surface area contributed by atoms with Gasteiger partial charge in [0.25, 0.3) is 0 Å². The lowest BCUT2D eigenvalue weighted by molar-refractivity contribution is -0.148. The first-order valence-corrected chi connectivity index (χ1v) is 5.31. The number of carbonyl (C=O) groups excluding carboxylic acids is 1. The lowest BCUT2D eigenvalue weighted by Crippen LogP contribution is -2.43. The predicted octanol–water partition coefficient (Wildman–Crippen LogP) is 0.521. The van der Waals surface area contributed by atoms with Crippen LogP contribution in [-0.2, 0) is 16.1 Å². The van der Waals surface area contributed by atoms with E-state index in [0.29, 0.717) is 12.3 Å². The summed E-state index contributed by atoms with van der Waals surface area (Å²) in [7, 11) is 2.86. The van der Waals surface area contributed by atoms with E-state index in [0.717, 1.165) is 0 Å². The number of carboxylic acids is 1. The van der Waals surface area contributed by atoms with Gasteiger partial charge in [-0.05, 0) is 12.1 Å². The maximum Gasteiger partial charge on any atom is 0.334 e. The Bertz CT molecular complexity index is 390. The molecule has 0 aliphatic carbocycles. The molecule has 1 heterocycles. The Kier molecular flexibility index (Phi) is 5.19. The number of nitrogens with zero attached hydrogens (tertiary/aromatic N) is 1. The van der Waals surface area contributed by atoms with Crippen LogP contribution in [0.1, 0.15) is 5.76 Å². The van der Waals surface area contributed by atoms with E-state index < -0.39 is 18.1 Å². The number of hydrogen-bond acceptors (Lipinski definition) is 4. The minimum Gasteiger partial charge on any atom is -0.479 e. The molecular formula is C11H16N2O5. The zero-order chi connectivity index (χ0) is 13.5. The molecule has 2 N–H and O–H groups in total. The zero-order valence-corrected chi connectivity index (χ0v) is 10.3. The number of aliphatic carboxylic acids is 1. The zero-order valence-electron chi connectivity index (χ0n) is 10.3. The second-order valence-corrected chi connectivity index (χ2v) is 3.68. The Morgan fingerprint density at radius 2 is 2.33 bits per heavy atom. The molecule has 0 bridgehead atoms. The molecule has 1 rings (SSSR count). The monoisotopic (exact) mass is 256 g/mol. The number of rotatable bonds is 6. The fourth-order valence-corrected chi connectivity index (χ4v) is 1.29. The number of ether oxygens (including phenoxy) is 1. The second-order valence-electron chi connectivity index (χ2n) is 3.68. The van der Waals surface area contributed by atoms with Crippen molar-refractivity contribution in [3.8, 4) is 0 Å². The lowest BCUT2D eigenvalue weighted by Gasteiger charge is -2.18. The van der Waals surface area contributed by atoms with Crippen LogP contribution in [0.3, 0.4) is 0 Å². The van der Waals surface area contributed by atoms with Gasteiger partial charge in [0, 0.05) is 14.2 Å². The predicted molar refractivity (Wildman–Crippen MR) is 62.0 cm³/mol. The smallest absolute Gasteiger partial charge is 0.334 e. The number of hydrogen-bond donors (Lipinski definition) is 2. The molecule has 7 nitrogen and oxygen atoms in total. The van der Waals surface area contributed by atoms with Gasteiger partial charge in [0.05, 0.1) is 19.4 Å². The van der Waals surface area contributed by atoms with Crippen molar-refractivity contribution in [2.45, 2.75) is 12.6 Å². The molecule has 18 heavy (non-hydrogen) atoms. The van der Waals surface area contributed by atoms with Crippen molar-refractivity contribution in [2.75, 3.05) is 20.7 Å². The van der Waals surface area contributed by atoms with Gasteiger partial charge in [-0.3, -0.25) is 0 Å². The summed E-state index contributed by atoms with van der Waals surface area (Å²) in [5.41, 5.74) is 0. The van der Waals surface area contributed by atoms with E-state index in [4.69, 9.17) is 14.3 Å². The number of carboxylic acid groups (broad SMARTS) is 1. The SMILES string of the molecule is COC(CNC(=O)N(C)Cc1ccco1)C(=O)O. The molecule has 0 fully saturated rings. The van der Waals surface area contributed by atoms with Crippen molar-refractivity contribution in [3.63, 3.8) is 0 Å². The third-order valence-electron chi connectivity index (χ3n) is 2.32. The molecule has 7 heteroatoms. The molecular weight excluding hydrogens is 240 g/mol. The maximum absolute atomic E-state index is 11.6. The third-order valence-corrected chi connectivity index (χ3v) is 2.32. The van der Waals surface area contributed by atoms with Crippen LogP contribution in [-0.4, -0.2) is 48.8 Å². The van der Waals surface area contributed by atoms with Crippen LogP contribution >= 0.6 is 0 Å². The van der Waals surface area contributed by atoms with Gasteiger partial charge < -0.3 is 24.5 Å². The van der Waals surface area contributed by atoms with E-state index in [2.05, 4.69) is 5.32 Å². The molecule has 2 amide bonds. The molecule has 0 spiro atoms. The lowest BCUT2D eigenvalue weighted by atomic mass is 10.3. The van der Waals surface area contributed by atoms with Crippen LogP contribution in [0, 0.1) is 0 Å². The van der Waals surface area contributed by atoms with Gasteiger partial charge in [0.1, 0.15) is 5.76 Å². The third kappa shape index (κ3) is 4.10. The number of methoxy groups -OCH3 is 1. The number of carbonyl (C=O) groups is 2. The molecule has 0 aliphatic rings. The first-order valence-electron chi connectivity index (χ1n) is 5.31. The summed E-state index contributed by atoms with van der Waals surface area (Å²) >= 11 is 0. The summed E-state index contributed by atoms with van der Waals surface area (Å²) in [5, 5.41) is 11.2. The average molecular weight is 256 g/mol. The Hall–Kier alpha value is -2.02. The van der Waals surface area contributed by atoms with Crippen molar-refractivity contribution in [2.24, 2.45) is 0 Å². The van der Waals surface area contributed by atoms with Gasteiger partial charge in [-0.25, -0.2) is 9.59 Å². The van der Waals surface area contributed by atoms with Crippen LogP contribution in [0.25, 0.3) is 0 Å². The molecule has 0 saturated heterocycles. The normalized spacial score (nSPS) is 11.9. The molecule has 0 radical (unpaired) electrons. The second kappa shape index (κ2) is 6.65. The fraction of sp³-hybridized carbons (Fsp3) is 0.455. The van der Waals surface area contributed by atoms with E-state index in [1.54, 1.807) is 19.2 Å². The molecule has 1 atom stereocenters. The maximum atomic E-state index is 11.6. The summed E-state index contributed by atoms with van der Waals surface area (Å²) in [6, 6.07) is 3.08. The molecule has 1 unspecified atom stereocenters. The highest BCUT2D eigenvalue weighted by Crippen LogP contribution is 2.03. The summed E-state index contributed by atoms with van der Waals surface area (Å²) in [6.07, 6.45) is 0.470. The highest BCUT2D eigenvalue weighted by molar-refractivity contribution is 5.76. The summed E-state index contributed by atoms with van der Waals surface area (Å²) in [6.45, 7) is 0.219. The van der Waals surface area contributed by atoms with Crippen LogP contribution < -0.4 is 5.32 Å². The quantitative estimate of drug-likeness (QED) is 0.774. The fourth-order valence-electron chi connectivity index (χ4n) is 1.29. The highest BCUT2D eigenvalue weighted by Gasteiger charge is 2.18. The number of amides is 2. The summed E-state index contributed by atoms with van der Waals surface area (Å²) in [4.78, 5) is 23.7. The Balaban J connectivity index is 2.38. The minimum absolute atomic E-state index is 0.0901. The first kappa shape index (κ1) is 14.0. The molecule has 1 aromatic heterocycles. The molecule has 0 aliphatic heterocycles. The first-order chi connectivity index (χ1) is 8.54. The Labute approximate surface area is 104 Å². The van der Waals surface area contributed by atoms with E-state index in [-0.39, 0.29) is 6.54 Å². The van der Waals surface area contributed by atoms with Crippen LogP contribution in [0.4, 0.5) is 4.79 Å². The van der Waals surface area contributed by atoms with E-state index in [1.165, 1.54) is 18.3 Å². The largest absolute Gasteiger partial charge is 0.479 e. The topological polar surface area (TPSA) is 92.0 Å². The van der Waals surface area contributed by atoms with Gasteiger partial charge in [-0.15, -0.1) is 0 Å². The number of nitrogens with one attached hydrogen (secondary N) is 1. The van der Waals surface area contributed by atoms with Crippen molar-refractivity contribution in [1.29, 1.82) is 0 Å². The number of furan rings is 1. The van der Waals surface area contributed by atoms with Gasteiger partial charge in [-0.2, -0.15) is 0 Å². The Morgan fingerprint density at radius 3 is 2.83 bits per heavy atom. The van der Waals surface area contributed by atoms with Crippen LogP contribution in [0.5, 0.6) is 0 Å². The molecule has 0 aromatic carbocycles. The Morgan fingerprint density at radius 1 is 1.61 bits per heavy atom. The van der Waals surface area contributed by atoms with Crippen molar-refractivity contribution in [3.05, 3.63) is 24.2 Å². The standard InChI is InChI=1S/C11H16N2O5/c1-13(7-8-4-3-5-18-8)11(16)12-6-9(17-2)10(14)15/h3-5,9H,6-7H2,1-2H3,(H,12,16)(H,14,15). The van der Waals surface area contributed by atoms with E-state index in [9.17, 15) is 9.59 Å². The van der Waals surface area contributed by atoms with Crippen molar-refractivity contribution >= 4 is 12.0 Å². The summed E-state index contributed by atoms with van der Waals surface area (Å²) in [5.74, 6) is -0.472. The van der Waals surface area contributed by atoms with E-state index >= 15 is 0 Å². The van der Waals surface area contributed by atoms with Crippen molar-refractivity contribution in [1.82, 2.24) is 10.2 Å². The molecule has 0 saturated carbocycles. The summed E-state index contributed by atoms with van der Waals surface area (Å²) < 4.78 is 9.80. The van der Waals surface area contributed by atoms with Crippen LogP contribution in [0.2, 0.25) is 0 Å². The van der Waals surface area contributed by atoms with Crippen molar-refractivity contribution < 1.29 is 23.8 Å². The number of urea groups is 1. The van der Waals surface area contributed by atoms with Gasteiger partial charge >= 0.3 is 12.0 Å². The highest BCUT2D eigenvalue weighted by atomic mass is 16.5. The van der Waals surface area contributed by atoms with Gasteiger partial charge in [0.2, 0.25) is 0 Å². The molecule has 1 aromatic rings. The molecule has 100 valence electrons. The van der Waals surface area contributed by atoms with E-state index in [1.807, 2.05) is 0 Å². The minimum atomic E-state index is -1.12.